The van der Waals surface area contributed by atoms with Crippen molar-refractivity contribution in [1.82, 2.24) is 4.90 Å². The van der Waals surface area contributed by atoms with Crippen LogP contribution in [0.25, 0.3) is 0 Å². The zero-order valence-electron chi connectivity index (χ0n) is 12.9. The van der Waals surface area contributed by atoms with Crippen LogP contribution in [-0.4, -0.2) is 30.1 Å². The van der Waals surface area contributed by atoms with E-state index in [1.54, 1.807) is 0 Å². The van der Waals surface area contributed by atoms with Crippen LogP contribution in [0.15, 0.2) is 0 Å². The summed E-state index contributed by atoms with van der Waals surface area (Å²) in [5.41, 5.74) is 6.42. The maximum Gasteiger partial charge on any atom is 0.0329 e. The third kappa shape index (κ3) is 3.96. The summed E-state index contributed by atoms with van der Waals surface area (Å²) in [5.74, 6) is 0. The van der Waals surface area contributed by atoms with E-state index in [1.807, 2.05) is 0 Å². The quantitative estimate of drug-likeness (QED) is 0.697. The van der Waals surface area contributed by atoms with Gasteiger partial charge in [0.1, 0.15) is 0 Å². The highest BCUT2D eigenvalue weighted by molar-refractivity contribution is 4.92. The van der Waals surface area contributed by atoms with Gasteiger partial charge in [-0.2, -0.15) is 0 Å². The second kappa shape index (κ2) is 8.16. The van der Waals surface area contributed by atoms with Crippen molar-refractivity contribution in [2.75, 3.05) is 13.6 Å². The molecule has 1 unspecified atom stereocenters. The molecule has 0 bridgehead atoms. The maximum absolute atomic E-state index is 6.16. The molecule has 108 valence electrons. The van der Waals surface area contributed by atoms with E-state index in [0.29, 0.717) is 0 Å². The zero-order chi connectivity index (χ0) is 13.4. The van der Waals surface area contributed by atoms with E-state index in [1.165, 1.54) is 64.2 Å². The molecule has 2 heteroatoms. The lowest BCUT2D eigenvalue weighted by Gasteiger charge is -2.45. The fraction of sp³-hybridized carbons (Fsp3) is 1.00. The molecule has 0 saturated heterocycles. The average Bonchev–Trinajstić information content (AvgIpc) is 2.69. The Balaban J connectivity index is 2.69. The molecule has 1 saturated carbocycles. The molecule has 0 aromatic carbocycles. The van der Waals surface area contributed by atoms with Crippen LogP contribution in [0.3, 0.4) is 0 Å². The molecule has 0 aromatic heterocycles. The Bertz CT molecular complexity index is 203. The van der Waals surface area contributed by atoms with Gasteiger partial charge >= 0.3 is 0 Å². The summed E-state index contributed by atoms with van der Waals surface area (Å²) in [5, 5.41) is 0. The molecule has 1 rings (SSSR count). The van der Waals surface area contributed by atoms with Gasteiger partial charge in [-0.3, -0.25) is 4.90 Å². The molecular weight excluding hydrogens is 220 g/mol. The van der Waals surface area contributed by atoms with Crippen LogP contribution in [0.5, 0.6) is 0 Å². The van der Waals surface area contributed by atoms with E-state index in [-0.39, 0.29) is 5.54 Å². The summed E-state index contributed by atoms with van der Waals surface area (Å²) in [6.45, 7) is 5.41. The second-order valence-electron chi connectivity index (χ2n) is 6.14. The van der Waals surface area contributed by atoms with Crippen molar-refractivity contribution in [3.63, 3.8) is 0 Å². The largest absolute Gasteiger partial charge is 0.329 e. The standard InChI is InChI=1S/C16H34N2/c1-4-6-13-16(5-2,14-17)18(3)15-11-9-7-8-10-12-15/h15H,4-14,17H2,1-3H3. The van der Waals surface area contributed by atoms with Gasteiger partial charge in [-0.15, -0.1) is 0 Å². The van der Waals surface area contributed by atoms with Gasteiger partial charge in [-0.25, -0.2) is 0 Å². The van der Waals surface area contributed by atoms with Crippen LogP contribution in [-0.2, 0) is 0 Å². The lowest BCUT2D eigenvalue weighted by molar-refractivity contribution is 0.0553. The Morgan fingerprint density at radius 3 is 2.17 bits per heavy atom. The number of hydrogen-bond donors (Lipinski definition) is 1. The lowest BCUT2D eigenvalue weighted by Crippen LogP contribution is -2.55. The topological polar surface area (TPSA) is 29.3 Å². The van der Waals surface area contributed by atoms with E-state index in [4.69, 9.17) is 5.73 Å². The minimum atomic E-state index is 0.255. The Morgan fingerprint density at radius 1 is 1.11 bits per heavy atom. The van der Waals surface area contributed by atoms with Crippen molar-refractivity contribution in [1.29, 1.82) is 0 Å². The number of likely N-dealkylation sites (N-methyl/N-ethyl adjacent to an activating group) is 1. The molecule has 18 heavy (non-hydrogen) atoms. The molecule has 2 nitrogen and oxygen atoms in total. The summed E-state index contributed by atoms with van der Waals surface area (Å²) < 4.78 is 0. The number of hydrogen-bond acceptors (Lipinski definition) is 2. The molecular formula is C16H34N2. The molecule has 0 aliphatic heterocycles. The monoisotopic (exact) mass is 254 g/mol. The van der Waals surface area contributed by atoms with E-state index >= 15 is 0 Å². The molecule has 1 aliphatic carbocycles. The summed E-state index contributed by atoms with van der Waals surface area (Å²) >= 11 is 0. The van der Waals surface area contributed by atoms with Crippen LogP contribution >= 0.6 is 0 Å². The van der Waals surface area contributed by atoms with Gasteiger partial charge in [0.25, 0.3) is 0 Å². The fourth-order valence-electron chi connectivity index (χ4n) is 3.53. The highest BCUT2D eigenvalue weighted by atomic mass is 15.2. The molecule has 0 spiro atoms. The van der Waals surface area contributed by atoms with Gasteiger partial charge in [-0.1, -0.05) is 52.4 Å². The van der Waals surface area contributed by atoms with Gasteiger partial charge < -0.3 is 5.73 Å². The van der Waals surface area contributed by atoms with E-state index < -0.39 is 0 Å². The van der Waals surface area contributed by atoms with Gasteiger partial charge in [0.05, 0.1) is 0 Å². The van der Waals surface area contributed by atoms with Crippen molar-refractivity contribution in [3.8, 4) is 0 Å². The second-order valence-corrected chi connectivity index (χ2v) is 6.14. The molecule has 0 aromatic rings. The minimum absolute atomic E-state index is 0.255. The lowest BCUT2D eigenvalue weighted by atomic mass is 9.86. The van der Waals surface area contributed by atoms with Crippen LogP contribution in [0, 0.1) is 0 Å². The number of rotatable bonds is 7. The summed E-state index contributed by atoms with van der Waals surface area (Å²) in [4.78, 5) is 2.66. The third-order valence-electron chi connectivity index (χ3n) is 5.15. The highest BCUT2D eigenvalue weighted by Crippen LogP contribution is 2.31. The van der Waals surface area contributed by atoms with Gasteiger partial charge in [-0.05, 0) is 32.7 Å². The minimum Gasteiger partial charge on any atom is -0.329 e. The first-order chi connectivity index (χ1) is 8.70. The molecule has 0 heterocycles. The predicted molar refractivity (Wildman–Crippen MR) is 80.9 cm³/mol. The van der Waals surface area contributed by atoms with Crippen molar-refractivity contribution >= 4 is 0 Å². The summed E-state index contributed by atoms with van der Waals surface area (Å²) in [6.07, 6.45) is 13.5. The Morgan fingerprint density at radius 2 is 1.72 bits per heavy atom. The Kier molecular flexibility index (Phi) is 7.25. The Hall–Kier alpha value is -0.0800. The van der Waals surface area contributed by atoms with Gasteiger partial charge in [0.15, 0.2) is 0 Å². The SMILES string of the molecule is CCCCC(CC)(CN)N(C)C1CCCCCC1. The molecule has 0 radical (unpaired) electrons. The van der Waals surface area contributed by atoms with Crippen molar-refractivity contribution in [2.45, 2.75) is 89.6 Å². The number of nitrogens with zero attached hydrogens (tertiary/aromatic N) is 1. The predicted octanol–water partition coefficient (Wildman–Crippen LogP) is 3.94. The van der Waals surface area contributed by atoms with Crippen molar-refractivity contribution in [3.05, 3.63) is 0 Å². The first-order valence-electron chi connectivity index (χ1n) is 8.13. The van der Waals surface area contributed by atoms with Crippen LogP contribution in [0.1, 0.15) is 78.1 Å². The molecule has 0 amide bonds. The van der Waals surface area contributed by atoms with E-state index in [9.17, 15) is 0 Å². The maximum atomic E-state index is 6.16. The van der Waals surface area contributed by atoms with Crippen molar-refractivity contribution < 1.29 is 0 Å². The number of unbranched alkanes of at least 4 members (excludes halogenated alkanes) is 1. The van der Waals surface area contributed by atoms with Gasteiger partial charge in [0.2, 0.25) is 0 Å². The first kappa shape index (κ1) is 16.0. The summed E-state index contributed by atoms with van der Waals surface area (Å²) in [6, 6.07) is 0.771. The van der Waals surface area contributed by atoms with Gasteiger partial charge in [0, 0.05) is 18.1 Å². The molecule has 1 fully saturated rings. The normalized spacial score (nSPS) is 21.8. The third-order valence-corrected chi connectivity index (χ3v) is 5.15. The Labute approximate surface area is 114 Å². The number of nitrogens with two attached hydrogens (primary N) is 1. The molecule has 1 atom stereocenters. The first-order valence-corrected chi connectivity index (χ1v) is 8.13. The average molecular weight is 254 g/mol. The van der Waals surface area contributed by atoms with Crippen LogP contribution < -0.4 is 5.73 Å². The van der Waals surface area contributed by atoms with Crippen LogP contribution in [0.2, 0.25) is 0 Å². The van der Waals surface area contributed by atoms with E-state index in [0.717, 1.165) is 12.6 Å². The van der Waals surface area contributed by atoms with E-state index in [2.05, 4.69) is 25.8 Å². The molecule has 1 aliphatic rings. The smallest absolute Gasteiger partial charge is 0.0329 e. The zero-order valence-corrected chi connectivity index (χ0v) is 12.9. The fourth-order valence-corrected chi connectivity index (χ4v) is 3.53. The highest BCUT2D eigenvalue weighted by Gasteiger charge is 2.34. The van der Waals surface area contributed by atoms with Crippen LogP contribution in [0.4, 0.5) is 0 Å². The molecule has 2 N–H and O–H groups in total. The van der Waals surface area contributed by atoms with Crippen molar-refractivity contribution in [2.24, 2.45) is 5.73 Å². The summed E-state index contributed by atoms with van der Waals surface area (Å²) in [7, 11) is 2.34.